The molecule has 3 rings (SSSR count). The molecule has 0 aliphatic carbocycles. The highest BCUT2D eigenvalue weighted by Gasteiger charge is 2.11. The first-order valence-corrected chi connectivity index (χ1v) is 7.46. The molecule has 0 atom stereocenters. The van der Waals surface area contributed by atoms with E-state index in [2.05, 4.69) is 20.2 Å². The molecule has 0 saturated carbocycles. The monoisotopic (exact) mass is 282 g/mol. The Kier molecular flexibility index (Phi) is 3.63. The van der Waals surface area contributed by atoms with Gasteiger partial charge in [0.15, 0.2) is 0 Å². The zero-order chi connectivity index (χ0) is 12.4. The van der Waals surface area contributed by atoms with Gasteiger partial charge in [0.05, 0.1) is 5.39 Å². The van der Waals surface area contributed by atoms with Gasteiger partial charge in [-0.25, -0.2) is 9.97 Å². The van der Waals surface area contributed by atoms with Gasteiger partial charge in [0.25, 0.3) is 0 Å². The van der Waals surface area contributed by atoms with Crippen molar-refractivity contribution in [3.63, 3.8) is 0 Å². The van der Waals surface area contributed by atoms with Crippen LogP contribution in [-0.4, -0.2) is 41.0 Å². The van der Waals surface area contributed by atoms with Crippen LogP contribution in [0.3, 0.4) is 0 Å². The Morgan fingerprint density at radius 3 is 3.00 bits per heavy atom. The first-order chi connectivity index (χ1) is 8.83. The molecular formula is C12H15ClN4S. The van der Waals surface area contributed by atoms with Gasteiger partial charge in [-0.3, -0.25) is 0 Å². The Balaban J connectivity index is 1.67. The van der Waals surface area contributed by atoms with E-state index in [9.17, 15) is 0 Å². The minimum Gasteiger partial charge on any atom is -0.368 e. The predicted octanol–water partition coefficient (Wildman–Crippen LogP) is 2.85. The van der Waals surface area contributed by atoms with E-state index in [-0.39, 0.29) is 0 Å². The van der Waals surface area contributed by atoms with Crippen molar-refractivity contribution in [2.75, 3.05) is 31.5 Å². The van der Waals surface area contributed by atoms with Gasteiger partial charge in [-0.1, -0.05) is 0 Å². The number of hydrogen-bond acceptors (Lipinski definition) is 5. The summed E-state index contributed by atoms with van der Waals surface area (Å²) < 4.78 is 0. The largest absolute Gasteiger partial charge is 0.368 e. The summed E-state index contributed by atoms with van der Waals surface area (Å²) >= 11 is 7.51. The van der Waals surface area contributed by atoms with Crippen molar-refractivity contribution in [2.24, 2.45) is 0 Å². The average molecular weight is 283 g/mol. The number of likely N-dealkylation sites (tertiary alicyclic amines) is 1. The van der Waals surface area contributed by atoms with Crippen molar-refractivity contribution in [3.05, 3.63) is 16.7 Å². The van der Waals surface area contributed by atoms with Crippen molar-refractivity contribution in [1.29, 1.82) is 0 Å². The SMILES string of the molecule is Clc1nc(NCCN2CCCC2)c2ccsc2n1. The lowest BCUT2D eigenvalue weighted by molar-refractivity contribution is 0.352. The minimum atomic E-state index is 0.314. The van der Waals surface area contributed by atoms with Crippen molar-refractivity contribution >= 4 is 39.0 Å². The Morgan fingerprint density at radius 1 is 1.33 bits per heavy atom. The number of nitrogens with one attached hydrogen (secondary N) is 1. The normalized spacial score (nSPS) is 16.5. The first kappa shape index (κ1) is 12.1. The fraction of sp³-hybridized carbons (Fsp3) is 0.500. The van der Waals surface area contributed by atoms with Crippen LogP contribution in [0, 0.1) is 0 Å². The number of anilines is 1. The standard InChI is InChI=1S/C12H15ClN4S/c13-12-15-10(9-3-8-18-11(9)16-12)14-4-7-17-5-1-2-6-17/h3,8H,1-2,4-7H2,(H,14,15,16). The third-order valence-electron chi connectivity index (χ3n) is 3.22. The zero-order valence-corrected chi connectivity index (χ0v) is 11.6. The highest BCUT2D eigenvalue weighted by atomic mass is 35.5. The molecule has 2 aromatic heterocycles. The average Bonchev–Trinajstić information content (AvgIpc) is 2.98. The molecule has 1 aliphatic heterocycles. The van der Waals surface area contributed by atoms with E-state index >= 15 is 0 Å². The molecule has 1 fully saturated rings. The topological polar surface area (TPSA) is 41.1 Å². The zero-order valence-electron chi connectivity index (χ0n) is 10.0. The summed E-state index contributed by atoms with van der Waals surface area (Å²) in [5, 5.41) is 6.76. The smallest absolute Gasteiger partial charge is 0.225 e. The summed E-state index contributed by atoms with van der Waals surface area (Å²) in [7, 11) is 0. The van der Waals surface area contributed by atoms with Crippen molar-refractivity contribution in [1.82, 2.24) is 14.9 Å². The molecule has 0 unspecified atom stereocenters. The Hall–Kier alpha value is -0.910. The van der Waals surface area contributed by atoms with Crippen molar-refractivity contribution in [3.8, 4) is 0 Å². The second kappa shape index (κ2) is 5.38. The van der Waals surface area contributed by atoms with Crippen molar-refractivity contribution < 1.29 is 0 Å². The maximum Gasteiger partial charge on any atom is 0.225 e. The molecule has 0 radical (unpaired) electrons. The molecule has 2 aromatic rings. The molecular weight excluding hydrogens is 268 g/mol. The van der Waals surface area contributed by atoms with Gasteiger partial charge in [-0.05, 0) is 49.0 Å². The Labute approximate surface area is 115 Å². The highest BCUT2D eigenvalue weighted by Crippen LogP contribution is 2.26. The number of nitrogens with zero attached hydrogens (tertiary/aromatic N) is 3. The number of rotatable bonds is 4. The fourth-order valence-electron chi connectivity index (χ4n) is 2.30. The molecule has 18 heavy (non-hydrogen) atoms. The molecule has 1 saturated heterocycles. The molecule has 0 spiro atoms. The molecule has 0 bridgehead atoms. The number of thiophene rings is 1. The maximum absolute atomic E-state index is 5.92. The first-order valence-electron chi connectivity index (χ1n) is 6.20. The van der Waals surface area contributed by atoms with Gasteiger partial charge in [-0.15, -0.1) is 11.3 Å². The second-order valence-electron chi connectivity index (χ2n) is 4.46. The van der Waals surface area contributed by atoms with E-state index in [0.29, 0.717) is 5.28 Å². The number of halogens is 1. The third kappa shape index (κ3) is 2.58. The quantitative estimate of drug-likeness (QED) is 0.876. The summed E-state index contributed by atoms with van der Waals surface area (Å²) in [6, 6.07) is 2.04. The van der Waals surface area contributed by atoms with Crippen LogP contribution < -0.4 is 5.32 Å². The van der Waals surface area contributed by atoms with Crippen LogP contribution in [-0.2, 0) is 0 Å². The molecule has 4 nitrogen and oxygen atoms in total. The minimum absolute atomic E-state index is 0.314. The highest BCUT2D eigenvalue weighted by molar-refractivity contribution is 7.16. The second-order valence-corrected chi connectivity index (χ2v) is 5.69. The molecule has 0 aromatic carbocycles. The number of hydrogen-bond donors (Lipinski definition) is 1. The van der Waals surface area contributed by atoms with Crippen LogP contribution in [0.4, 0.5) is 5.82 Å². The van der Waals surface area contributed by atoms with E-state index in [1.165, 1.54) is 25.9 Å². The molecule has 1 N–H and O–H groups in total. The van der Waals surface area contributed by atoms with Crippen LogP contribution >= 0.6 is 22.9 Å². The van der Waals surface area contributed by atoms with E-state index in [0.717, 1.165) is 29.1 Å². The van der Waals surface area contributed by atoms with Gasteiger partial charge < -0.3 is 10.2 Å². The van der Waals surface area contributed by atoms with Gasteiger partial charge in [0.2, 0.25) is 5.28 Å². The van der Waals surface area contributed by atoms with Crippen LogP contribution in [0.2, 0.25) is 5.28 Å². The summed E-state index contributed by atoms with van der Waals surface area (Å²) in [6.45, 7) is 4.41. The molecule has 6 heteroatoms. The summed E-state index contributed by atoms with van der Waals surface area (Å²) in [5.74, 6) is 0.852. The fourth-order valence-corrected chi connectivity index (χ4v) is 3.29. The summed E-state index contributed by atoms with van der Waals surface area (Å²) in [6.07, 6.45) is 2.65. The van der Waals surface area contributed by atoms with Crippen LogP contribution in [0.5, 0.6) is 0 Å². The van der Waals surface area contributed by atoms with E-state index in [4.69, 9.17) is 11.6 Å². The third-order valence-corrected chi connectivity index (χ3v) is 4.19. The Morgan fingerprint density at radius 2 is 2.17 bits per heavy atom. The maximum atomic E-state index is 5.92. The van der Waals surface area contributed by atoms with Crippen molar-refractivity contribution in [2.45, 2.75) is 12.8 Å². The lowest BCUT2D eigenvalue weighted by Crippen LogP contribution is -2.26. The molecule has 0 amide bonds. The molecule has 96 valence electrons. The predicted molar refractivity (Wildman–Crippen MR) is 76.6 cm³/mol. The summed E-state index contributed by atoms with van der Waals surface area (Å²) in [5.41, 5.74) is 0. The lowest BCUT2D eigenvalue weighted by atomic mass is 10.4. The van der Waals surface area contributed by atoms with E-state index in [1.54, 1.807) is 11.3 Å². The van der Waals surface area contributed by atoms with E-state index in [1.807, 2.05) is 11.4 Å². The Bertz CT molecular complexity index is 536. The van der Waals surface area contributed by atoms with Crippen LogP contribution in [0.15, 0.2) is 11.4 Å². The van der Waals surface area contributed by atoms with Crippen LogP contribution in [0.1, 0.15) is 12.8 Å². The number of aromatic nitrogens is 2. The number of fused-ring (bicyclic) bond motifs is 1. The van der Waals surface area contributed by atoms with Gasteiger partial charge in [0.1, 0.15) is 10.6 Å². The molecule has 3 heterocycles. The van der Waals surface area contributed by atoms with Gasteiger partial charge in [-0.2, -0.15) is 0 Å². The molecule has 1 aliphatic rings. The lowest BCUT2D eigenvalue weighted by Gasteiger charge is -2.15. The summed E-state index contributed by atoms with van der Waals surface area (Å²) in [4.78, 5) is 11.9. The van der Waals surface area contributed by atoms with Crippen LogP contribution in [0.25, 0.3) is 10.2 Å². The van der Waals surface area contributed by atoms with Gasteiger partial charge >= 0.3 is 0 Å². The van der Waals surface area contributed by atoms with E-state index < -0.39 is 0 Å². The van der Waals surface area contributed by atoms with Gasteiger partial charge in [0, 0.05) is 13.1 Å².